The normalized spacial score (nSPS) is 10.6. The van der Waals surface area contributed by atoms with Crippen LogP contribution in [0.5, 0.6) is 0 Å². The molecular weight excluding hydrogens is 367 g/mol. The molecule has 0 aromatic heterocycles. The number of benzene rings is 2. The summed E-state index contributed by atoms with van der Waals surface area (Å²) in [6, 6.07) is 13.9. The van der Waals surface area contributed by atoms with Crippen molar-refractivity contribution in [1.29, 1.82) is 5.26 Å². The van der Waals surface area contributed by atoms with Gasteiger partial charge in [-0.25, -0.2) is 9.18 Å². The monoisotopic (exact) mass is 396 g/mol. The number of ether oxygens (including phenoxy) is 1. The van der Waals surface area contributed by atoms with Crippen molar-refractivity contribution >= 4 is 6.09 Å². The predicted molar refractivity (Wildman–Crippen MR) is 113 cm³/mol. The van der Waals surface area contributed by atoms with Crippen molar-refractivity contribution in [3.63, 3.8) is 0 Å². The summed E-state index contributed by atoms with van der Waals surface area (Å²) >= 11 is 0. The van der Waals surface area contributed by atoms with E-state index in [0.29, 0.717) is 47.9 Å². The minimum atomic E-state index is -0.374. The molecule has 4 nitrogen and oxygen atoms in total. The fourth-order valence-corrected chi connectivity index (χ4v) is 2.91. The molecule has 0 aliphatic rings. The van der Waals surface area contributed by atoms with Crippen molar-refractivity contribution in [3.05, 3.63) is 59.4 Å². The molecule has 0 aliphatic heterocycles. The van der Waals surface area contributed by atoms with Crippen LogP contribution in [-0.2, 0) is 11.3 Å². The Morgan fingerprint density at radius 3 is 2.69 bits per heavy atom. The minimum absolute atomic E-state index is 0.299. The summed E-state index contributed by atoms with van der Waals surface area (Å²) in [6.07, 6.45) is 2.28. The Morgan fingerprint density at radius 2 is 2.03 bits per heavy atom. The van der Waals surface area contributed by atoms with Gasteiger partial charge in [-0.3, -0.25) is 0 Å². The molecule has 0 fully saturated rings. The Hall–Kier alpha value is -2.87. The third kappa shape index (κ3) is 6.90. The van der Waals surface area contributed by atoms with Gasteiger partial charge in [-0.1, -0.05) is 51.5 Å². The van der Waals surface area contributed by atoms with Gasteiger partial charge >= 0.3 is 6.09 Å². The molecule has 0 bridgehead atoms. The average Bonchev–Trinajstić information content (AvgIpc) is 2.71. The maximum Gasteiger partial charge on any atom is 0.410 e. The van der Waals surface area contributed by atoms with E-state index in [1.165, 1.54) is 6.07 Å². The van der Waals surface area contributed by atoms with Crippen LogP contribution in [0.3, 0.4) is 0 Å². The van der Waals surface area contributed by atoms with Crippen LogP contribution in [0, 0.1) is 23.1 Å². The highest BCUT2D eigenvalue weighted by molar-refractivity contribution is 5.68. The lowest BCUT2D eigenvalue weighted by atomic mass is 10.0. The van der Waals surface area contributed by atoms with Crippen molar-refractivity contribution in [2.45, 2.75) is 46.6 Å². The summed E-state index contributed by atoms with van der Waals surface area (Å²) in [5.41, 5.74) is 2.29. The molecule has 0 unspecified atom stereocenters. The quantitative estimate of drug-likeness (QED) is 0.478. The molecule has 29 heavy (non-hydrogen) atoms. The second kappa shape index (κ2) is 11.2. The molecule has 0 atom stereocenters. The van der Waals surface area contributed by atoms with Crippen molar-refractivity contribution in [2.24, 2.45) is 5.92 Å². The summed E-state index contributed by atoms with van der Waals surface area (Å²) in [4.78, 5) is 14.1. The fraction of sp³-hybridized carbons (Fsp3) is 0.417. The van der Waals surface area contributed by atoms with Crippen LogP contribution in [0.25, 0.3) is 11.1 Å². The van der Waals surface area contributed by atoms with E-state index in [9.17, 15) is 9.18 Å². The molecule has 2 aromatic carbocycles. The molecule has 5 heteroatoms. The Kier molecular flexibility index (Phi) is 8.67. The number of carbonyl (C=O) groups is 1. The van der Waals surface area contributed by atoms with Gasteiger partial charge in [0.15, 0.2) is 0 Å². The standard InChI is InChI=1S/C24H29FN2O2/c1-4-5-13-29-24(28)27(12-11-18(2)3)17-20-9-10-22(23(25)15-20)21-8-6-7-19(14-21)16-26/h6-10,14-15,18H,4-5,11-13,17H2,1-3H3. The van der Waals surface area contributed by atoms with Crippen LogP contribution in [0.1, 0.15) is 51.2 Å². The second-order valence-corrected chi connectivity index (χ2v) is 7.58. The van der Waals surface area contributed by atoms with E-state index < -0.39 is 0 Å². The molecule has 0 N–H and O–H groups in total. The highest BCUT2D eigenvalue weighted by Crippen LogP contribution is 2.25. The number of rotatable bonds is 9. The lowest BCUT2D eigenvalue weighted by Gasteiger charge is -2.23. The van der Waals surface area contributed by atoms with Gasteiger partial charge in [0.25, 0.3) is 0 Å². The third-order valence-corrected chi connectivity index (χ3v) is 4.67. The van der Waals surface area contributed by atoms with Crippen LogP contribution >= 0.6 is 0 Å². The first-order chi connectivity index (χ1) is 13.9. The predicted octanol–water partition coefficient (Wildman–Crippen LogP) is 6.15. The summed E-state index contributed by atoms with van der Waals surface area (Å²) in [5, 5.41) is 9.05. The smallest absolute Gasteiger partial charge is 0.410 e. The lowest BCUT2D eigenvalue weighted by Crippen LogP contribution is -2.33. The van der Waals surface area contributed by atoms with Crippen LogP contribution in [0.4, 0.5) is 9.18 Å². The zero-order chi connectivity index (χ0) is 21.2. The van der Waals surface area contributed by atoms with E-state index in [-0.39, 0.29) is 11.9 Å². The molecule has 2 rings (SSSR count). The van der Waals surface area contributed by atoms with Gasteiger partial charge in [-0.15, -0.1) is 0 Å². The topological polar surface area (TPSA) is 53.3 Å². The van der Waals surface area contributed by atoms with Gasteiger partial charge in [0.1, 0.15) is 5.82 Å². The summed E-state index contributed by atoms with van der Waals surface area (Å²) in [7, 11) is 0. The number of nitrogens with zero attached hydrogens (tertiary/aromatic N) is 2. The zero-order valence-electron chi connectivity index (χ0n) is 17.5. The van der Waals surface area contributed by atoms with Gasteiger partial charge in [0.05, 0.1) is 18.2 Å². The Bertz CT molecular complexity index is 858. The number of carbonyl (C=O) groups excluding carboxylic acids is 1. The summed E-state index contributed by atoms with van der Waals surface area (Å²) in [5.74, 6) is 0.0771. The molecule has 0 spiro atoms. The van der Waals surface area contributed by atoms with Gasteiger partial charge in [0.2, 0.25) is 0 Å². The minimum Gasteiger partial charge on any atom is -0.449 e. The molecule has 0 aliphatic carbocycles. The van der Waals surface area contributed by atoms with Gasteiger partial charge < -0.3 is 9.64 Å². The molecule has 2 aromatic rings. The van der Waals surface area contributed by atoms with Crippen LogP contribution in [0.15, 0.2) is 42.5 Å². The van der Waals surface area contributed by atoms with Crippen LogP contribution in [-0.4, -0.2) is 24.1 Å². The number of hydrogen-bond acceptors (Lipinski definition) is 3. The average molecular weight is 397 g/mol. The maximum absolute atomic E-state index is 14.8. The van der Waals surface area contributed by atoms with Crippen molar-refractivity contribution in [1.82, 2.24) is 4.90 Å². The third-order valence-electron chi connectivity index (χ3n) is 4.67. The molecule has 1 amide bonds. The molecule has 0 radical (unpaired) electrons. The number of amides is 1. The highest BCUT2D eigenvalue weighted by atomic mass is 19.1. The Morgan fingerprint density at radius 1 is 1.24 bits per heavy atom. The fourth-order valence-electron chi connectivity index (χ4n) is 2.91. The van der Waals surface area contributed by atoms with Gasteiger partial charge in [-0.2, -0.15) is 5.26 Å². The number of nitriles is 1. The highest BCUT2D eigenvalue weighted by Gasteiger charge is 2.17. The number of unbranched alkanes of at least 4 members (excludes halogenated alkanes) is 1. The van der Waals surface area contributed by atoms with Crippen LogP contribution < -0.4 is 0 Å². The Labute approximate surface area is 172 Å². The molecule has 0 saturated heterocycles. The number of hydrogen-bond donors (Lipinski definition) is 0. The molecule has 0 saturated carbocycles. The second-order valence-electron chi connectivity index (χ2n) is 7.58. The first kappa shape index (κ1) is 22.4. The summed E-state index contributed by atoms with van der Waals surface area (Å²) in [6.45, 7) is 7.51. The molecular formula is C24H29FN2O2. The Balaban J connectivity index is 2.16. The van der Waals surface area contributed by atoms with Crippen molar-refractivity contribution in [2.75, 3.05) is 13.2 Å². The van der Waals surface area contributed by atoms with Crippen molar-refractivity contribution in [3.8, 4) is 17.2 Å². The van der Waals surface area contributed by atoms with Gasteiger partial charge in [0, 0.05) is 18.7 Å². The van der Waals surface area contributed by atoms with E-state index in [1.807, 2.05) is 13.0 Å². The van der Waals surface area contributed by atoms with E-state index >= 15 is 0 Å². The number of halogens is 1. The first-order valence-corrected chi connectivity index (χ1v) is 10.1. The van der Waals surface area contributed by atoms with Crippen LogP contribution in [0.2, 0.25) is 0 Å². The van der Waals surface area contributed by atoms with E-state index in [2.05, 4.69) is 19.9 Å². The van der Waals surface area contributed by atoms with Crippen molar-refractivity contribution < 1.29 is 13.9 Å². The summed E-state index contributed by atoms with van der Waals surface area (Å²) < 4.78 is 20.1. The van der Waals surface area contributed by atoms with Gasteiger partial charge in [-0.05, 0) is 48.1 Å². The maximum atomic E-state index is 14.8. The van der Waals surface area contributed by atoms with E-state index in [4.69, 9.17) is 10.00 Å². The van der Waals surface area contributed by atoms with E-state index in [1.54, 1.807) is 35.2 Å². The zero-order valence-corrected chi connectivity index (χ0v) is 17.5. The molecule has 154 valence electrons. The van der Waals surface area contributed by atoms with E-state index in [0.717, 1.165) is 19.3 Å². The first-order valence-electron chi connectivity index (χ1n) is 10.1. The largest absolute Gasteiger partial charge is 0.449 e. The lowest BCUT2D eigenvalue weighted by molar-refractivity contribution is 0.0966. The SMILES string of the molecule is CCCCOC(=O)N(CCC(C)C)Cc1ccc(-c2cccc(C#N)c2)c(F)c1. The molecule has 0 heterocycles.